The van der Waals surface area contributed by atoms with E-state index < -0.39 is 10.0 Å². The van der Waals surface area contributed by atoms with Crippen LogP contribution in [0.25, 0.3) is 0 Å². The predicted molar refractivity (Wildman–Crippen MR) is 85.3 cm³/mol. The van der Waals surface area contributed by atoms with Gasteiger partial charge in [-0.25, -0.2) is 8.42 Å². The van der Waals surface area contributed by atoms with Crippen LogP contribution >= 0.6 is 11.3 Å². The van der Waals surface area contributed by atoms with Gasteiger partial charge in [0.2, 0.25) is 5.13 Å². The molecule has 9 heteroatoms. The molecule has 1 heterocycles. The van der Waals surface area contributed by atoms with E-state index in [9.17, 15) is 13.2 Å². The summed E-state index contributed by atoms with van der Waals surface area (Å²) < 4.78 is 26.7. The summed E-state index contributed by atoms with van der Waals surface area (Å²) in [5, 5.41) is 10.9. The van der Waals surface area contributed by atoms with E-state index in [-0.39, 0.29) is 15.9 Å². The third-order valence-corrected chi connectivity index (χ3v) is 4.80. The van der Waals surface area contributed by atoms with E-state index in [2.05, 4.69) is 26.8 Å². The molecule has 0 saturated carbocycles. The molecule has 0 saturated heterocycles. The number of nitrogens with zero attached hydrogens (tertiary/aromatic N) is 2. The molecule has 1 aromatic carbocycles. The summed E-state index contributed by atoms with van der Waals surface area (Å²) in [6, 6.07) is 5.79. The highest BCUT2D eigenvalue weighted by molar-refractivity contribution is 7.93. The molecular formula is C13H14N4O3S2. The molecule has 0 fully saturated rings. The molecule has 2 aromatic rings. The van der Waals surface area contributed by atoms with Gasteiger partial charge in [0.1, 0.15) is 5.01 Å². The molecule has 0 radical (unpaired) electrons. The third kappa shape index (κ3) is 3.89. The lowest BCUT2D eigenvalue weighted by atomic mass is 10.3. The average molecular weight is 338 g/mol. The lowest BCUT2D eigenvalue weighted by Gasteiger charge is -2.07. The van der Waals surface area contributed by atoms with Gasteiger partial charge < -0.3 is 5.32 Å². The monoisotopic (exact) mass is 338 g/mol. The highest BCUT2D eigenvalue weighted by Crippen LogP contribution is 2.20. The first-order valence-corrected chi connectivity index (χ1v) is 8.48. The first-order chi connectivity index (χ1) is 10.3. The lowest BCUT2D eigenvalue weighted by molar-refractivity contribution is -0.112. The van der Waals surface area contributed by atoms with Crippen molar-refractivity contribution in [2.45, 2.75) is 18.7 Å². The van der Waals surface area contributed by atoms with Crippen LogP contribution in [0.1, 0.15) is 11.9 Å². The lowest BCUT2D eigenvalue weighted by Crippen LogP contribution is -2.14. The van der Waals surface area contributed by atoms with E-state index in [4.69, 9.17) is 0 Å². The van der Waals surface area contributed by atoms with Gasteiger partial charge in [-0.2, -0.15) is 0 Å². The Balaban J connectivity index is 2.15. The topological polar surface area (TPSA) is 101 Å². The highest BCUT2D eigenvalue weighted by atomic mass is 32.2. The molecule has 0 spiro atoms. The molecule has 0 aliphatic rings. The van der Waals surface area contributed by atoms with Crippen molar-refractivity contribution in [2.24, 2.45) is 0 Å². The summed E-state index contributed by atoms with van der Waals surface area (Å²) in [7, 11) is -3.73. The van der Waals surface area contributed by atoms with Crippen molar-refractivity contribution in [1.29, 1.82) is 0 Å². The quantitative estimate of drug-likeness (QED) is 0.814. The Labute approximate surface area is 132 Å². The second kappa shape index (κ2) is 6.24. The standard InChI is InChI=1S/C13H14N4O3S2/c1-8(2)12(18)14-10-4-6-11(7-5-10)22(19,20)17-13-16-15-9(3)21-13/h4-7H,1H2,2-3H3,(H,14,18)(H,16,17). The van der Waals surface area contributed by atoms with Gasteiger partial charge in [-0.3, -0.25) is 9.52 Å². The Hall–Kier alpha value is -2.26. The summed E-state index contributed by atoms with van der Waals surface area (Å²) in [6.45, 7) is 6.84. The summed E-state index contributed by atoms with van der Waals surface area (Å²) >= 11 is 1.14. The Bertz CT molecular complexity index is 810. The fourth-order valence-corrected chi connectivity index (χ4v) is 3.29. The number of carbonyl (C=O) groups is 1. The van der Waals surface area contributed by atoms with Crippen LogP contribution in [0.3, 0.4) is 0 Å². The zero-order valence-electron chi connectivity index (χ0n) is 12.0. The van der Waals surface area contributed by atoms with Crippen molar-refractivity contribution >= 4 is 38.1 Å². The van der Waals surface area contributed by atoms with Gasteiger partial charge in [-0.05, 0) is 38.1 Å². The van der Waals surface area contributed by atoms with Crippen LogP contribution in [0.2, 0.25) is 0 Å². The number of rotatable bonds is 5. The summed E-state index contributed by atoms with van der Waals surface area (Å²) in [6.07, 6.45) is 0. The minimum Gasteiger partial charge on any atom is -0.322 e. The summed E-state index contributed by atoms with van der Waals surface area (Å²) in [4.78, 5) is 11.5. The van der Waals surface area contributed by atoms with Gasteiger partial charge in [0, 0.05) is 11.3 Å². The van der Waals surface area contributed by atoms with Crippen molar-refractivity contribution in [3.63, 3.8) is 0 Å². The molecule has 1 aromatic heterocycles. The summed E-state index contributed by atoms with van der Waals surface area (Å²) in [5.74, 6) is -0.321. The van der Waals surface area contributed by atoms with Crippen molar-refractivity contribution in [3.8, 4) is 0 Å². The summed E-state index contributed by atoms with van der Waals surface area (Å²) in [5.41, 5.74) is 0.851. The second-order valence-corrected chi connectivity index (χ2v) is 7.35. The molecule has 7 nitrogen and oxygen atoms in total. The van der Waals surface area contributed by atoms with E-state index in [0.717, 1.165) is 11.3 Å². The molecule has 1 amide bonds. The first-order valence-electron chi connectivity index (χ1n) is 6.18. The molecular weight excluding hydrogens is 324 g/mol. The maximum atomic E-state index is 12.2. The molecule has 22 heavy (non-hydrogen) atoms. The zero-order valence-corrected chi connectivity index (χ0v) is 13.6. The molecule has 2 N–H and O–H groups in total. The van der Waals surface area contributed by atoms with Crippen LogP contribution in [-0.2, 0) is 14.8 Å². The Morgan fingerprint density at radius 2 is 1.86 bits per heavy atom. The number of aromatic nitrogens is 2. The number of hydrogen-bond acceptors (Lipinski definition) is 6. The Morgan fingerprint density at radius 3 is 2.36 bits per heavy atom. The molecule has 0 bridgehead atoms. The first kappa shape index (κ1) is 16.1. The van der Waals surface area contributed by atoms with Gasteiger partial charge in [0.25, 0.3) is 15.9 Å². The van der Waals surface area contributed by atoms with Crippen LogP contribution in [0.5, 0.6) is 0 Å². The number of anilines is 2. The van der Waals surface area contributed by atoms with Gasteiger partial charge in [0.15, 0.2) is 0 Å². The zero-order chi connectivity index (χ0) is 16.3. The van der Waals surface area contributed by atoms with E-state index in [0.29, 0.717) is 16.3 Å². The maximum Gasteiger partial charge on any atom is 0.263 e. The minimum atomic E-state index is -3.73. The van der Waals surface area contributed by atoms with Crippen LogP contribution in [0, 0.1) is 6.92 Å². The largest absolute Gasteiger partial charge is 0.322 e. The smallest absolute Gasteiger partial charge is 0.263 e. The van der Waals surface area contributed by atoms with Crippen molar-refractivity contribution in [1.82, 2.24) is 10.2 Å². The minimum absolute atomic E-state index is 0.0636. The van der Waals surface area contributed by atoms with Crippen molar-refractivity contribution in [2.75, 3.05) is 10.0 Å². The van der Waals surface area contributed by atoms with Gasteiger partial charge in [-0.1, -0.05) is 17.9 Å². The molecule has 0 atom stereocenters. The van der Waals surface area contributed by atoms with Crippen LogP contribution < -0.4 is 10.0 Å². The maximum absolute atomic E-state index is 12.2. The fraction of sp³-hybridized carbons (Fsp3) is 0.154. The molecule has 0 aliphatic heterocycles. The normalized spacial score (nSPS) is 11.0. The van der Waals surface area contributed by atoms with Crippen molar-refractivity contribution in [3.05, 3.63) is 41.4 Å². The number of carbonyl (C=O) groups excluding carboxylic acids is 1. The fourth-order valence-electron chi connectivity index (χ4n) is 1.47. The number of sulfonamides is 1. The number of benzene rings is 1. The Kier molecular flexibility index (Phi) is 4.57. The van der Waals surface area contributed by atoms with Crippen LogP contribution in [-0.4, -0.2) is 24.5 Å². The van der Waals surface area contributed by atoms with E-state index in [1.54, 1.807) is 13.8 Å². The number of aryl methyl sites for hydroxylation is 1. The third-order valence-electron chi connectivity index (χ3n) is 2.56. The number of hydrogen-bond donors (Lipinski definition) is 2. The molecule has 0 aliphatic carbocycles. The average Bonchev–Trinajstić information content (AvgIpc) is 2.83. The van der Waals surface area contributed by atoms with Gasteiger partial charge >= 0.3 is 0 Å². The Morgan fingerprint density at radius 1 is 1.23 bits per heavy atom. The predicted octanol–water partition coefficient (Wildman–Crippen LogP) is 2.16. The van der Waals surface area contributed by atoms with E-state index in [1.807, 2.05) is 0 Å². The highest BCUT2D eigenvalue weighted by Gasteiger charge is 2.16. The second-order valence-electron chi connectivity index (χ2n) is 4.49. The molecule has 116 valence electrons. The van der Waals surface area contributed by atoms with Gasteiger partial charge in [-0.15, -0.1) is 10.2 Å². The SMILES string of the molecule is C=C(C)C(=O)Nc1ccc(S(=O)(=O)Nc2nnc(C)s2)cc1. The number of nitrogens with one attached hydrogen (secondary N) is 2. The number of amides is 1. The van der Waals surface area contributed by atoms with Gasteiger partial charge in [0.05, 0.1) is 4.90 Å². The van der Waals surface area contributed by atoms with Crippen LogP contribution in [0.4, 0.5) is 10.8 Å². The molecule has 2 rings (SSSR count). The van der Waals surface area contributed by atoms with Crippen LogP contribution in [0.15, 0.2) is 41.3 Å². The molecule has 0 unspecified atom stereocenters. The van der Waals surface area contributed by atoms with E-state index in [1.165, 1.54) is 24.3 Å². The van der Waals surface area contributed by atoms with E-state index >= 15 is 0 Å². The van der Waals surface area contributed by atoms with Crippen molar-refractivity contribution < 1.29 is 13.2 Å².